The van der Waals surface area contributed by atoms with E-state index in [0.29, 0.717) is 43.7 Å². The fourth-order valence-corrected chi connectivity index (χ4v) is 3.71. The van der Waals surface area contributed by atoms with Crippen LogP contribution in [0.15, 0.2) is 48.5 Å². The monoisotopic (exact) mass is 469 g/mol. The summed E-state index contributed by atoms with van der Waals surface area (Å²) in [6.07, 6.45) is 0. The molecule has 3 aromatic rings. The first-order valence-corrected chi connectivity index (χ1v) is 10.3. The van der Waals surface area contributed by atoms with Crippen molar-refractivity contribution in [3.8, 4) is 11.5 Å². The van der Waals surface area contributed by atoms with Gasteiger partial charge in [-0.2, -0.15) is 0 Å². The van der Waals surface area contributed by atoms with E-state index in [4.69, 9.17) is 55.9 Å². The van der Waals surface area contributed by atoms with Gasteiger partial charge in [-0.25, -0.2) is 0 Å². The number of methoxy groups -OCH3 is 1. The molecule has 0 bridgehead atoms. The summed E-state index contributed by atoms with van der Waals surface area (Å²) in [5, 5.41) is 5.54. The van der Waals surface area contributed by atoms with E-state index in [0.717, 1.165) is 16.8 Å². The molecule has 0 aromatic heterocycles. The number of rotatable bonds is 7. The summed E-state index contributed by atoms with van der Waals surface area (Å²) in [5.74, 6) is 0.965. The predicted octanol–water partition coefficient (Wildman–Crippen LogP) is 7.81. The van der Waals surface area contributed by atoms with Gasteiger partial charge in [0.2, 0.25) is 0 Å². The van der Waals surface area contributed by atoms with Crippen molar-refractivity contribution in [2.24, 2.45) is 0 Å². The molecule has 152 valence electrons. The maximum absolute atomic E-state index is 6.47. The lowest BCUT2D eigenvalue weighted by Crippen LogP contribution is -2.03. The second kappa shape index (κ2) is 9.82. The Balaban J connectivity index is 1.75. The van der Waals surface area contributed by atoms with Gasteiger partial charge >= 0.3 is 0 Å². The fourth-order valence-electron chi connectivity index (χ4n) is 2.74. The number of aryl methyl sites for hydroxylation is 1. The van der Waals surface area contributed by atoms with E-state index in [-0.39, 0.29) is 6.61 Å². The van der Waals surface area contributed by atoms with Gasteiger partial charge in [-0.1, -0.05) is 58.5 Å². The molecule has 0 saturated heterocycles. The number of benzene rings is 3. The molecule has 0 unspecified atom stereocenters. The average molecular weight is 471 g/mol. The van der Waals surface area contributed by atoms with Crippen molar-refractivity contribution in [1.29, 1.82) is 0 Å². The lowest BCUT2D eigenvalue weighted by molar-refractivity contribution is 0.284. The molecule has 3 nitrogen and oxygen atoms in total. The Kier molecular flexibility index (Phi) is 7.42. The molecule has 0 aliphatic carbocycles. The summed E-state index contributed by atoms with van der Waals surface area (Å²) < 4.78 is 11.4. The Bertz CT molecular complexity index is 1000. The standard InChI is InChI=1S/C22H19Cl4NO2/c1-13-6-7-15(10-19(13)25)27-11-14-8-20(26)22(21(9-14)28-2)29-12-16-17(23)4-3-5-18(16)24/h3-10,27H,11-12H2,1-2H3. The lowest BCUT2D eigenvalue weighted by Gasteiger charge is -2.16. The number of hydrogen-bond acceptors (Lipinski definition) is 3. The van der Waals surface area contributed by atoms with E-state index >= 15 is 0 Å². The first-order chi connectivity index (χ1) is 13.9. The van der Waals surface area contributed by atoms with Crippen LogP contribution in [0.25, 0.3) is 0 Å². The van der Waals surface area contributed by atoms with Crippen molar-refractivity contribution in [3.05, 3.63) is 85.3 Å². The second-order valence-electron chi connectivity index (χ2n) is 6.42. The van der Waals surface area contributed by atoms with Crippen molar-refractivity contribution >= 4 is 52.1 Å². The SMILES string of the molecule is COc1cc(CNc2ccc(C)c(Cl)c2)cc(Cl)c1OCc1c(Cl)cccc1Cl. The molecule has 29 heavy (non-hydrogen) atoms. The van der Waals surface area contributed by atoms with Crippen LogP contribution in [0.3, 0.4) is 0 Å². The molecule has 0 spiro atoms. The highest BCUT2D eigenvalue weighted by molar-refractivity contribution is 6.36. The number of ether oxygens (including phenoxy) is 2. The largest absolute Gasteiger partial charge is 0.493 e. The first-order valence-electron chi connectivity index (χ1n) is 8.81. The molecular formula is C22H19Cl4NO2. The zero-order valence-corrected chi connectivity index (χ0v) is 18.9. The third kappa shape index (κ3) is 5.43. The van der Waals surface area contributed by atoms with E-state index in [2.05, 4.69) is 5.32 Å². The number of anilines is 1. The third-order valence-corrected chi connectivity index (χ3v) is 5.78. The molecule has 3 rings (SSSR count). The molecule has 0 fully saturated rings. The number of nitrogens with one attached hydrogen (secondary N) is 1. The smallest absolute Gasteiger partial charge is 0.180 e. The topological polar surface area (TPSA) is 30.5 Å². The van der Waals surface area contributed by atoms with Gasteiger partial charge in [0.25, 0.3) is 0 Å². The Labute approximate surface area is 190 Å². The Morgan fingerprint density at radius 2 is 1.59 bits per heavy atom. The average Bonchev–Trinajstić information content (AvgIpc) is 2.69. The molecule has 0 aliphatic rings. The van der Waals surface area contributed by atoms with E-state index in [1.54, 1.807) is 25.3 Å². The molecule has 0 aliphatic heterocycles. The van der Waals surface area contributed by atoms with Crippen molar-refractivity contribution < 1.29 is 9.47 Å². The van der Waals surface area contributed by atoms with Gasteiger partial charge in [-0.3, -0.25) is 0 Å². The van der Waals surface area contributed by atoms with Gasteiger partial charge in [0.15, 0.2) is 11.5 Å². The number of halogens is 4. The molecule has 0 amide bonds. The van der Waals surface area contributed by atoms with E-state index in [9.17, 15) is 0 Å². The summed E-state index contributed by atoms with van der Waals surface area (Å²) in [7, 11) is 1.57. The van der Waals surface area contributed by atoms with Crippen LogP contribution < -0.4 is 14.8 Å². The normalized spacial score (nSPS) is 10.7. The van der Waals surface area contributed by atoms with Crippen LogP contribution in [0.5, 0.6) is 11.5 Å². The maximum atomic E-state index is 6.47. The summed E-state index contributed by atoms with van der Waals surface area (Å²) in [6.45, 7) is 2.69. The molecule has 7 heteroatoms. The minimum atomic E-state index is 0.175. The van der Waals surface area contributed by atoms with Crippen LogP contribution in [0.4, 0.5) is 5.69 Å². The molecule has 0 atom stereocenters. The van der Waals surface area contributed by atoms with Crippen molar-refractivity contribution in [2.75, 3.05) is 12.4 Å². The minimum absolute atomic E-state index is 0.175. The lowest BCUT2D eigenvalue weighted by atomic mass is 10.1. The highest BCUT2D eigenvalue weighted by Gasteiger charge is 2.14. The quantitative estimate of drug-likeness (QED) is 0.381. The summed E-state index contributed by atoms with van der Waals surface area (Å²) in [4.78, 5) is 0. The van der Waals surface area contributed by atoms with Gasteiger partial charge < -0.3 is 14.8 Å². The zero-order valence-electron chi connectivity index (χ0n) is 15.9. The Morgan fingerprint density at radius 3 is 2.24 bits per heavy atom. The van der Waals surface area contributed by atoms with Crippen LogP contribution in [0, 0.1) is 6.92 Å². The summed E-state index contributed by atoms with van der Waals surface area (Å²) >= 11 is 25.1. The molecule has 1 N–H and O–H groups in total. The summed E-state index contributed by atoms with van der Waals surface area (Å²) in [6, 6.07) is 14.8. The van der Waals surface area contributed by atoms with Crippen LogP contribution in [0.2, 0.25) is 20.1 Å². The van der Waals surface area contributed by atoms with E-state index in [1.807, 2.05) is 37.3 Å². The van der Waals surface area contributed by atoms with Crippen LogP contribution in [-0.2, 0) is 13.2 Å². The van der Waals surface area contributed by atoms with Crippen molar-refractivity contribution in [2.45, 2.75) is 20.1 Å². The highest BCUT2D eigenvalue weighted by atomic mass is 35.5. The maximum Gasteiger partial charge on any atom is 0.180 e. The van der Waals surface area contributed by atoms with Crippen LogP contribution in [-0.4, -0.2) is 7.11 Å². The van der Waals surface area contributed by atoms with Gasteiger partial charge in [0.05, 0.1) is 12.1 Å². The zero-order chi connectivity index (χ0) is 21.0. The van der Waals surface area contributed by atoms with Crippen molar-refractivity contribution in [1.82, 2.24) is 0 Å². The molecular weight excluding hydrogens is 452 g/mol. The molecule has 3 aromatic carbocycles. The van der Waals surface area contributed by atoms with E-state index < -0.39 is 0 Å². The summed E-state index contributed by atoms with van der Waals surface area (Å²) in [5.41, 5.74) is 3.58. The van der Waals surface area contributed by atoms with Gasteiger partial charge in [-0.05, 0) is 54.4 Å². The van der Waals surface area contributed by atoms with Crippen molar-refractivity contribution in [3.63, 3.8) is 0 Å². The second-order valence-corrected chi connectivity index (χ2v) is 8.04. The van der Waals surface area contributed by atoms with Crippen LogP contribution >= 0.6 is 46.4 Å². The first kappa shape index (κ1) is 21.9. The molecule has 0 saturated carbocycles. The Morgan fingerprint density at radius 1 is 0.862 bits per heavy atom. The molecule has 0 heterocycles. The van der Waals surface area contributed by atoms with Gasteiger partial charge in [0, 0.05) is 32.9 Å². The predicted molar refractivity (Wildman–Crippen MR) is 122 cm³/mol. The third-order valence-electron chi connectivity index (χ3n) is 4.38. The minimum Gasteiger partial charge on any atom is -0.493 e. The highest BCUT2D eigenvalue weighted by Crippen LogP contribution is 2.38. The van der Waals surface area contributed by atoms with Gasteiger partial charge in [0.1, 0.15) is 6.61 Å². The van der Waals surface area contributed by atoms with Crippen LogP contribution in [0.1, 0.15) is 16.7 Å². The molecule has 0 radical (unpaired) electrons. The fraction of sp³-hybridized carbons (Fsp3) is 0.182. The Hall–Kier alpha value is -1.78. The van der Waals surface area contributed by atoms with E-state index in [1.165, 1.54) is 0 Å². The number of hydrogen-bond donors (Lipinski definition) is 1. The van der Waals surface area contributed by atoms with Gasteiger partial charge in [-0.15, -0.1) is 0 Å².